The minimum atomic E-state index is -0.625. The minimum absolute atomic E-state index is 0. The van der Waals surface area contributed by atoms with E-state index in [1.807, 2.05) is 30.3 Å². The second-order valence-electron chi connectivity index (χ2n) is 4.42. The van der Waals surface area contributed by atoms with E-state index in [1.54, 1.807) is 0 Å². The molecule has 0 bridgehead atoms. The van der Waals surface area contributed by atoms with Crippen molar-refractivity contribution in [2.75, 3.05) is 13.7 Å². The van der Waals surface area contributed by atoms with Crippen LogP contribution in [0, 0.1) is 0 Å². The first-order valence-corrected chi connectivity index (χ1v) is 6.21. The Kier molecular flexibility index (Phi) is 6.45. The molecule has 0 saturated carbocycles. The highest BCUT2D eigenvalue weighted by atomic mass is 35.5. The molecule has 0 heterocycles. The third kappa shape index (κ3) is 3.93. The van der Waals surface area contributed by atoms with E-state index in [0.29, 0.717) is 6.54 Å². The zero-order valence-corrected chi connectivity index (χ0v) is 12.2. The van der Waals surface area contributed by atoms with Gasteiger partial charge in [0.15, 0.2) is 0 Å². The number of carbonyl (C=O) groups is 1. The van der Waals surface area contributed by atoms with Crippen molar-refractivity contribution in [3.63, 3.8) is 0 Å². The topological polar surface area (TPSA) is 64.3 Å². The number of carbonyl (C=O) groups excluding carboxylic acids is 1. The third-order valence-electron chi connectivity index (χ3n) is 3.02. The first kappa shape index (κ1) is 16.4. The average molecular weight is 295 g/mol. The molecule has 108 valence electrons. The predicted molar refractivity (Wildman–Crippen MR) is 82.9 cm³/mol. The number of nitrogens with one attached hydrogen (secondary N) is 1. The summed E-state index contributed by atoms with van der Waals surface area (Å²) in [7, 11) is 1.53. The normalized spacial score (nSPS) is 11.7. The van der Waals surface area contributed by atoms with Crippen LogP contribution in [0.1, 0.15) is 5.56 Å². The van der Waals surface area contributed by atoms with Crippen LogP contribution in [0.3, 0.4) is 0 Å². The number of methoxy groups -OCH3 is 1. The lowest BCUT2D eigenvalue weighted by Crippen LogP contribution is -2.43. The van der Waals surface area contributed by atoms with Gasteiger partial charge in [-0.25, -0.2) is 0 Å². The largest absolute Gasteiger partial charge is 0.383 e. The van der Waals surface area contributed by atoms with Gasteiger partial charge in [-0.1, -0.05) is 42.5 Å². The predicted octanol–water partition coefficient (Wildman–Crippen LogP) is 1.85. The van der Waals surface area contributed by atoms with Gasteiger partial charge >= 0.3 is 0 Å². The molecule has 2 aromatic rings. The molecule has 20 heavy (non-hydrogen) atoms. The van der Waals surface area contributed by atoms with Gasteiger partial charge in [0.25, 0.3) is 0 Å². The van der Waals surface area contributed by atoms with E-state index in [9.17, 15) is 4.79 Å². The van der Waals surface area contributed by atoms with Crippen LogP contribution in [0.5, 0.6) is 0 Å². The summed E-state index contributed by atoms with van der Waals surface area (Å²) >= 11 is 0. The number of benzene rings is 2. The number of nitrogens with two attached hydrogens (primary N) is 1. The van der Waals surface area contributed by atoms with Crippen LogP contribution in [0.2, 0.25) is 0 Å². The molecule has 1 unspecified atom stereocenters. The summed E-state index contributed by atoms with van der Waals surface area (Å²) in [6.07, 6.45) is 0. The lowest BCUT2D eigenvalue weighted by molar-refractivity contribution is -0.123. The van der Waals surface area contributed by atoms with Crippen LogP contribution in [-0.2, 0) is 16.1 Å². The molecule has 2 aromatic carbocycles. The molecule has 1 amide bonds. The first-order valence-electron chi connectivity index (χ1n) is 6.21. The van der Waals surface area contributed by atoms with Crippen LogP contribution in [0.15, 0.2) is 42.5 Å². The maximum atomic E-state index is 11.7. The van der Waals surface area contributed by atoms with E-state index < -0.39 is 6.04 Å². The van der Waals surface area contributed by atoms with Crippen molar-refractivity contribution in [3.05, 3.63) is 48.0 Å². The van der Waals surface area contributed by atoms with Gasteiger partial charge in [-0.05, 0) is 16.3 Å². The van der Waals surface area contributed by atoms with Crippen molar-refractivity contribution >= 4 is 29.1 Å². The molecule has 0 fully saturated rings. The molecule has 0 saturated heterocycles. The fraction of sp³-hybridized carbons (Fsp3) is 0.267. The minimum Gasteiger partial charge on any atom is -0.383 e. The molecule has 0 aliphatic carbocycles. The molecule has 5 heteroatoms. The second-order valence-corrected chi connectivity index (χ2v) is 4.42. The maximum Gasteiger partial charge on any atom is 0.239 e. The Morgan fingerprint density at radius 2 is 1.95 bits per heavy atom. The van der Waals surface area contributed by atoms with Crippen molar-refractivity contribution in [2.45, 2.75) is 12.6 Å². The first-order chi connectivity index (χ1) is 9.22. The Morgan fingerprint density at radius 1 is 1.25 bits per heavy atom. The molecule has 0 aromatic heterocycles. The van der Waals surface area contributed by atoms with Crippen LogP contribution in [0.4, 0.5) is 0 Å². The number of rotatable bonds is 5. The van der Waals surface area contributed by atoms with E-state index in [4.69, 9.17) is 10.5 Å². The molecular formula is C15H19ClN2O2. The molecule has 0 aliphatic heterocycles. The van der Waals surface area contributed by atoms with Crippen LogP contribution in [0.25, 0.3) is 10.8 Å². The van der Waals surface area contributed by atoms with Crippen molar-refractivity contribution < 1.29 is 9.53 Å². The van der Waals surface area contributed by atoms with E-state index in [1.165, 1.54) is 7.11 Å². The molecule has 0 aliphatic rings. The fourth-order valence-corrected chi connectivity index (χ4v) is 2.02. The van der Waals surface area contributed by atoms with E-state index >= 15 is 0 Å². The third-order valence-corrected chi connectivity index (χ3v) is 3.02. The Bertz CT molecular complexity index is 569. The highest BCUT2D eigenvalue weighted by Gasteiger charge is 2.12. The van der Waals surface area contributed by atoms with Crippen molar-refractivity contribution in [2.24, 2.45) is 5.73 Å². The molecule has 4 nitrogen and oxygen atoms in total. The zero-order chi connectivity index (χ0) is 13.7. The number of amides is 1. The van der Waals surface area contributed by atoms with Crippen molar-refractivity contribution in [1.82, 2.24) is 5.32 Å². The monoisotopic (exact) mass is 294 g/mol. The van der Waals surface area contributed by atoms with Crippen molar-refractivity contribution in [3.8, 4) is 0 Å². The highest BCUT2D eigenvalue weighted by molar-refractivity contribution is 5.87. The Morgan fingerprint density at radius 3 is 2.70 bits per heavy atom. The van der Waals surface area contributed by atoms with Gasteiger partial charge in [0, 0.05) is 13.7 Å². The molecular weight excluding hydrogens is 276 g/mol. The summed E-state index contributed by atoms with van der Waals surface area (Å²) < 4.78 is 4.86. The van der Waals surface area contributed by atoms with Gasteiger partial charge in [-0.3, -0.25) is 4.79 Å². The lowest BCUT2D eigenvalue weighted by Gasteiger charge is -2.12. The number of fused-ring (bicyclic) bond motifs is 1. The Labute approximate surface area is 124 Å². The van der Waals surface area contributed by atoms with Gasteiger partial charge in [0.05, 0.1) is 6.61 Å². The lowest BCUT2D eigenvalue weighted by atomic mass is 10.0. The van der Waals surface area contributed by atoms with Crippen LogP contribution < -0.4 is 11.1 Å². The van der Waals surface area contributed by atoms with Crippen LogP contribution in [-0.4, -0.2) is 25.7 Å². The summed E-state index contributed by atoms with van der Waals surface area (Å²) in [5, 5.41) is 5.14. The molecule has 1 atom stereocenters. The van der Waals surface area contributed by atoms with E-state index in [-0.39, 0.29) is 24.9 Å². The Hall–Kier alpha value is -1.62. The SMILES string of the molecule is COCC(N)C(=O)NCc1cccc2ccccc12.Cl. The standard InChI is InChI=1S/C15H18N2O2.ClH/c1-19-10-14(16)15(18)17-9-12-7-4-6-11-5-2-3-8-13(11)12;/h2-8,14H,9-10,16H2,1H3,(H,17,18);1H. The number of halogens is 1. The van der Waals surface area contributed by atoms with E-state index in [0.717, 1.165) is 16.3 Å². The van der Waals surface area contributed by atoms with E-state index in [2.05, 4.69) is 17.4 Å². The van der Waals surface area contributed by atoms with Gasteiger partial charge in [-0.15, -0.1) is 12.4 Å². The molecule has 3 N–H and O–H groups in total. The van der Waals surface area contributed by atoms with Gasteiger partial charge in [0.2, 0.25) is 5.91 Å². The van der Waals surface area contributed by atoms with Gasteiger partial charge in [0.1, 0.15) is 6.04 Å². The molecule has 0 spiro atoms. The average Bonchev–Trinajstić information content (AvgIpc) is 2.45. The summed E-state index contributed by atoms with van der Waals surface area (Å²) in [5.74, 6) is -0.199. The summed E-state index contributed by atoms with van der Waals surface area (Å²) in [6.45, 7) is 0.693. The van der Waals surface area contributed by atoms with Crippen molar-refractivity contribution in [1.29, 1.82) is 0 Å². The highest BCUT2D eigenvalue weighted by Crippen LogP contribution is 2.18. The quantitative estimate of drug-likeness (QED) is 0.884. The summed E-state index contributed by atoms with van der Waals surface area (Å²) in [5.41, 5.74) is 6.75. The van der Waals surface area contributed by atoms with Gasteiger partial charge < -0.3 is 15.8 Å². The maximum absolute atomic E-state index is 11.7. The smallest absolute Gasteiger partial charge is 0.239 e. The zero-order valence-electron chi connectivity index (χ0n) is 11.3. The summed E-state index contributed by atoms with van der Waals surface area (Å²) in [6, 6.07) is 13.5. The fourth-order valence-electron chi connectivity index (χ4n) is 2.02. The number of ether oxygens (including phenoxy) is 1. The molecule has 0 radical (unpaired) electrons. The van der Waals surface area contributed by atoms with Crippen LogP contribution >= 0.6 is 12.4 Å². The molecule has 2 rings (SSSR count). The number of hydrogen-bond acceptors (Lipinski definition) is 3. The number of hydrogen-bond donors (Lipinski definition) is 2. The Balaban J connectivity index is 0.00000200. The van der Waals surface area contributed by atoms with Gasteiger partial charge in [-0.2, -0.15) is 0 Å². The second kappa shape index (κ2) is 7.85. The summed E-state index contributed by atoms with van der Waals surface area (Å²) in [4.78, 5) is 11.7.